The quantitative estimate of drug-likeness (QED) is 0.808. The van der Waals surface area contributed by atoms with Gasteiger partial charge < -0.3 is 19.7 Å². The molecule has 1 aromatic carbocycles. The van der Waals surface area contributed by atoms with Gasteiger partial charge in [0.05, 0.1) is 6.61 Å². The largest absolute Gasteiger partial charge is 0.395 e. The Bertz CT molecular complexity index is 521. The second kappa shape index (κ2) is 7.02. The number of aliphatic hydroxyl groups excluding tert-OH is 1. The van der Waals surface area contributed by atoms with Crippen molar-refractivity contribution in [3.63, 3.8) is 0 Å². The van der Waals surface area contributed by atoms with Gasteiger partial charge in [0.25, 0.3) is 5.89 Å². The Balaban J connectivity index is 2.11. The number of aromatic nitrogens is 2. The predicted octanol–water partition coefficient (Wildman–Crippen LogP) is 2.24. The summed E-state index contributed by atoms with van der Waals surface area (Å²) in [6.45, 7) is 2.63. The van der Waals surface area contributed by atoms with Gasteiger partial charge in [-0.25, -0.2) is 0 Å². The highest BCUT2D eigenvalue weighted by molar-refractivity contribution is 5.58. The molecule has 0 amide bonds. The number of anilines is 1. The summed E-state index contributed by atoms with van der Waals surface area (Å²) < 4.78 is 10.5. The fraction of sp³-hybridized carbons (Fsp3) is 0.429. The summed E-state index contributed by atoms with van der Waals surface area (Å²) in [4.78, 5) is 4.35. The van der Waals surface area contributed by atoms with Crippen molar-refractivity contribution >= 4 is 5.69 Å². The first-order valence-corrected chi connectivity index (χ1v) is 6.60. The van der Waals surface area contributed by atoms with Gasteiger partial charge in [-0.3, -0.25) is 0 Å². The summed E-state index contributed by atoms with van der Waals surface area (Å²) in [7, 11) is 1.63. The van der Waals surface area contributed by atoms with Gasteiger partial charge in [-0.1, -0.05) is 12.1 Å². The summed E-state index contributed by atoms with van der Waals surface area (Å²) in [5.74, 6) is 1.04. The zero-order chi connectivity index (χ0) is 14.4. The van der Waals surface area contributed by atoms with Crippen LogP contribution in [0, 0.1) is 0 Å². The van der Waals surface area contributed by atoms with Crippen LogP contribution in [0.4, 0.5) is 5.69 Å². The van der Waals surface area contributed by atoms with Crippen LogP contribution in [-0.4, -0.2) is 35.5 Å². The lowest BCUT2D eigenvalue weighted by Gasteiger charge is -2.06. The normalized spacial score (nSPS) is 12.3. The van der Waals surface area contributed by atoms with Crippen molar-refractivity contribution in [1.82, 2.24) is 10.1 Å². The Morgan fingerprint density at radius 1 is 1.35 bits per heavy atom. The van der Waals surface area contributed by atoms with E-state index in [0.29, 0.717) is 18.3 Å². The van der Waals surface area contributed by atoms with Gasteiger partial charge in [-0.15, -0.1) is 0 Å². The standard InChI is InChI=1S/C14H19N3O3/c1-3-12(19-2)13-16-14(20-17-13)10-4-6-11(7-5-10)15-8-9-18/h4-7,12,15,18H,3,8-9H2,1-2H3. The van der Waals surface area contributed by atoms with Gasteiger partial charge in [0.1, 0.15) is 6.10 Å². The van der Waals surface area contributed by atoms with E-state index in [2.05, 4.69) is 15.5 Å². The average Bonchev–Trinajstić information content (AvgIpc) is 2.97. The fourth-order valence-electron chi connectivity index (χ4n) is 1.87. The maximum absolute atomic E-state index is 8.75. The lowest BCUT2D eigenvalue weighted by atomic mass is 10.2. The molecule has 6 heteroatoms. The molecule has 0 aliphatic rings. The summed E-state index contributed by atoms with van der Waals surface area (Å²) in [5.41, 5.74) is 1.79. The molecule has 1 aromatic heterocycles. The molecule has 1 unspecified atom stereocenters. The number of hydrogen-bond donors (Lipinski definition) is 2. The molecule has 1 atom stereocenters. The number of aliphatic hydroxyl groups is 1. The van der Waals surface area contributed by atoms with Gasteiger partial charge in [0, 0.05) is 24.9 Å². The summed E-state index contributed by atoms with van der Waals surface area (Å²) in [6.07, 6.45) is 0.650. The molecule has 2 N–H and O–H groups in total. The molecular weight excluding hydrogens is 258 g/mol. The van der Waals surface area contributed by atoms with E-state index < -0.39 is 0 Å². The SMILES string of the molecule is CCC(OC)c1noc(-c2ccc(NCCO)cc2)n1. The Kier molecular flexibility index (Phi) is 5.09. The lowest BCUT2D eigenvalue weighted by molar-refractivity contribution is 0.0903. The van der Waals surface area contributed by atoms with Crippen LogP contribution in [0.15, 0.2) is 28.8 Å². The van der Waals surface area contributed by atoms with Gasteiger partial charge in [-0.2, -0.15) is 4.98 Å². The smallest absolute Gasteiger partial charge is 0.258 e. The topological polar surface area (TPSA) is 80.4 Å². The number of hydrogen-bond acceptors (Lipinski definition) is 6. The molecule has 0 saturated heterocycles. The number of methoxy groups -OCH3 is 1. The number of nitrogens with zero attached hydrogens (tertiary/aromatic N) is 2. The lowest BCUT2D eigenvalue weighted by Crippen LogP contribution is -2.04. The fourth-order valence-corrected chi connectivity index (χ4v) is 1.87. The summed E-state index contributed by atoms with van der Waals surface area (Å²) in [5, 5.41) is 15.8. The van der Waals surface area contributed by atoms with Crippen LogP contribution in [0.5, 0.6) is 0 Å². The van der Waals surface area contributed by atoms with Crippen LogP contribution in [0.2, 0.25) is 0 Å². The van der Waals surface area contributed by atoms with Gasteiger partial charge >= 0.3 is 0 Å². The Labute approximate surface area is 117 Å². The van der Waals surface area contributed by atoms with E-state index in [-0.39, 0.29) is 12.7 Å². The number of rotatable bonds is 7. The molecule has 0 aliphatic carbocycles. The minimum Gasteiger partial charge on any atom is -0.395 e. The highest BCUT2D eigenvalue weighted by Gasteiger charge is 2.16. The van der Waals surface area contributed by atoms with E-state index in [1.165, 1.54) is 0 Å². The molecule has 0 saturated carbocycles. The molecule has 0 aliphatic heterocycles. The van der Waals surface area contributed by atoms with Gasteiger partial charge in [0.15, 0.2) is 0 Å². The van der Waals surface area contributed by atoms with Crippen LogP contribution in [0.1, 0.15) is 25.3 Å². The Morgan fingerprint density at radius 3 is 2.70 bits per heavy atom. The van der Waals surface area contributed by atoms with E-state index in [4.69, 9.17) is 14.4 Å². The van der Waals surface area contributed by atoms with Crippen LogP contribution in [0.25, 0.3) is 11.5 Å². The van der Waals surface area contributed by atoms with E-state index >= 15 is 0 Å². The first kappa shape index (κ1) is 14.5. The third-order valence-electron chi connectivity index (χ3n) is 2.96. The number of benzene rings is 1. The number of ether oxygens (including phenoxy) is 1. The second-order valence-corrected chi connectivity index (χ2v) is 4.32. The molecule has 20 heavy (non-hydrogen) atoms. The van der Waals surface area contributed by atoms with E-state index in [0.717, 1.165) is 17.7 Å². The highest BCUT2D eigenvalue weighted by Crippen LogP contribution is 2.23. The van der Waals surface area contributed by atoms with Crippen LogP contribution >= 0.6 is 0 Å². The molecule has 0 bridgehead atoms. The zero-order valence-corrected chi connectivity index (χ0v) is 11.7. The average molecular weight is 277 g/mol. The third kappa shape index (κ3) is 3.34. The zero-order valence-electron chi connectivity index (χ0n) is 11.7. The van der Waals surface area contributed by atoms with E-state index in [9.17, 15) is 0 Å². The van der Waals surface area contributed by atoms with Crippen molar-refractivity contribution in [3.05, 3.63) is 30.1 Å². The molecule has 6 nitrogen and oxygen atoms in total. The molecule has 0 spiro atoms. The van der Waals surface area contributed by atoms with E-state index in [1.807, 2.05) is 31.2 Å². The van der Waals surface area contributed by atoms with Crippen molar-refractivity contribution < 1.29 is 14.4 Å². The molecule has 1 heterocycles. The van der Waals surface area contributed by atoms with Gasteiger partial charge in [-0.05, 0) is 30.7 Å². The van der Waals surface area contributed by atoms with Crippen molar-refractivity contribution in [2.24, 2.45) is 0 Å². The van der Waals surface area contributed by atoms with Crippen LogP contribution < -0.4 is 5.32 Å². The molecule has 108 valence electrons. The maximum Gasteiger partial charge on any atom is 0.258 e. The Hall–Kier alpha value is -1.92. The van der Waals surface area contributed by atoms with E-state index in [1.54, 1.807) is 7.11 Å². The summed E-state index contributed by atoms with van der Waals surface area (Å²) >= 11 is 0. The Morgan fingerprint density at radius 2 is 2.10 bits per heavy atom. The maximum atomic E-state index is 8.75. The molecule has 2 rings (SSSR count). The van der Waals surface area contributed by atoms with Gasteiger partial charge in [0.2, 0.25) is 5.82 Å². The minimum absolute atomic E-state index is 0.101. The number of nitrogens with one attached hydrogen (secondary N) is 1. The van der Waals surface area contributed by atoms with Crippen molar-refractivity contribution in [2.45, 2.75) is 19.4 Å². The van der Waals surface area contributed by atoms with Crippen molar-refractivity contribution in [1.29, 1.82) is 0 Å². The molecular formula is C14H19N3O3. The van der Waals surface area contributed by atoms with Crippen molar-refractivity contribution in [2.75, 3.05) is 25.6 Å². The first-order valence-electron chi connectivity index (χ1n) is 6.60. The molecule has 0 radical (unpaired) electrons. The third-order valence-corrected chi connectivity index (χ3v) is 2.96. The molecule has 2 aromatic rings. The summed E-state index contributed by atoms with van der Waals surface area (Å²) in [6, 6.07) is 7.60. The first-order chi connectivity index (χ1) is 9.78. The minimum atomic E-state index is -0.141. The monoisotopic (exact) mass is 277 g/mol. The van der Waals surface area contributed by atoms with Crippen LogP contribution in [0.3, 0.4) is 0 Å². The second-order valence-electron chi connectivity index (χ2n) is 4.32. The highest BCUT2D eigenvalue weighted by atomic mass is 16.5. The van der Waals surface area contributed by atoms with Crippen molar-refractivity contribution in [3.8, 4) is 11.5 Å². The predicted molar refractivity (Wildman–Crippen MR) is 75.4 cm³/mol. The van der Waals surface area contributed by atoms with Crippen LogP contribution in [-0.2, 0) is 4.74 Å². The molecule has 0 fully saturated rings.